The van der Waals surface area contributed by atoms with Gasteiger partial charge in [0.25, 0.3) is 0 Å². The summed E-state index contributed by atoms with van der Waals surface area (Å²) < 4.78 is 21.2. The molecular weight excluding hydrogens is 400 g/mol. The highest BCUT2D eigenvalue weighted by Crippen LogP contribution is 2.31. The first kappa shape index (κ1) is 24.3. The number of nitrogens with zero attached hydrogens (tertiary/aromatic N) is 2. The van der Waals surface area contributed by atoms with Crippen molar-refractivity contribution in [3.8, 4) is 24.7 Å². The summed E-state index contributed by atoms with van der Waals surface area (Å²) in [6, 6.07) is -0.184. The van der Waals surface area contributed by atoms with Crippen molar-refractivity contribution in [1.29, 1.82) is 0 Å². The SMILES string of the molecule is C#CCC(CC#C)(C(=O)OC1=N[C@@H](CCCC)CO1)C(=O)OC1=N[C@@H](CCCC)CO1. The number of aliphatic imine (C=N–C) groups is 2. The van der Waals surface area contributed by atoms with Crippen molar-refractivity contribution >= 4 is 24.1 Å². The van der Waals surface area contributed by atoms with Gasteiger partial charge >= 0.3 is 24.1 Å². The van der Waals surface area contributed by atoms with Crippen molar-refractivity contribution in [3.63, 3.8) is 0 Å². The van der Waals surface area contributed by atoms with Crippen molar-refractivity contribution in [2.45, 2.75) is 77.3 Å². The van der Waals surface area contributed by atoms with E-state index in [0.29, 0.717) is 13.2 Å². The highest BCUT2D eigenvalue weighted by Gasteiger charge is 2.50. The number of esters is 2. The van der Waals surface area contributed by atoms with Gasteiger partial charge in [-0.1, -0.05) is 39.5 Å². The van der Waals surface area contributed by atoms with Gasteiger partial charge in [0.05, 0.1) is 12.1 Å². The molecule has 2 aliphatic rings. The van der Waals surface area contributed by atoms with Crippen LogP contribution in [0.4, 0.5) is 0 Å². The molecule has 0 aliphatic carbocycles. The minimum atomic E-state index is -1.91. The first-order chi connectivity index (χ1) is 15.0. The maximum atomic E-state index is 13.0. The second-order valence-corrected chi connectivity index (χ2v) is 7.63. The second-order valence-electron chi connectivity index (χ2n) is 7.63. The first-order valence-corrected chi connectivity index (χ1v) is 10.7. The van der Waals surface area contributed by atoms with Crippen molar-refractivity contribution in [2.24, 2.45) is 15.4 Å². The van der Waals surface area contributed by atoms with Crippen LogP contribution in [-0.2, 0) is 28.5 Å². The number of hydrogen-bond donors (Lipinski definition) is 0. The summed E-state index contributed by atoms with van der Waals surface area (Å²) in [7, 11) is 0. The van der Waals surface area contributed by atoms with Crippen LogP contribution < -0.4 is 0 Å². The van der Waals surface area contributed by atoms with E-state index in [0.717, 1.165) is 38.5 Å². The standard InChI is InChI=1S/C23H30N2O6/c1-5-9-11-17-15-28-21(24-17)30-19(26)23(13-7-3,14-8-4)20(27)31-22-25-18(16-29-22)12-10-6-2/h3-4,17-18H,5-6,9-16H2,1-2H3/t17-,18-/m0/s1. The molecule has 2 rings (SSSR count). The quantitative estimate of drug-likeness (QED) is 0.300. The van der Waals surface area contributed by atoms with Crippen LogP contribution in [-0.4, -0.2) is 49.4 Å². The van der Waals surface area contributed by atoms with Gasteiger partial charge in [-0.25, -0.2) is 9.98 Å². The molecule has 8 heteroatoms. The van der Waals surface area contributed by atoms with E-state index < -0.39 is 17.4 Å². The molecule has 8 nitrogen and oxygen atoms in total. The van der Waals surface area contributed by atoms with Crippen LogP contribution in [0.2, 0.25) is 0 Å². The maximum Gasteiger partial charge on any atom is 0.391 e. The van der Waals surface area contributed by atoms with Gasteiger partial charge in [0.2, 0.25) is 0 Å². The smallest absolute Gasteiger partial charge is 0.391 e. The fourth-order valence-corrected chi connectivity index (χ4v) is 3.21. The van der Waals surface area contributed by atoms with E-state index in [-0.39, 0.29) is 37.1 Å². The minimum absolute atomic E-state index is 0.0920. The molecule has 0 amide bonds. The number of hydrogen-bond acceptors (Lipinski definition) is 8. The molecule has 0 saturated carbocycles. The van der Waals surface area contributed by atoms with Crippen LogP contribution in [0.25, 0.3) is 0 Å². The Morgan fingerprint density at radius 3 is 1.71 bits per heavy atom. The van der Waals surface area contributed by atoms with Gasteiger partial charge in [-0.15, -0.1) is 24.7 Å². The van der Waals surface area contributed by atoms with Gasteiger partial charge < -0.3 is 18.9 Å². The van der Waals surface area contributed by atoms with Crippen molar-refractivity contribution in [1.82, 2.24) is 0 Å². The van der Waals surface area contributed by atoms with E-state index >= 15 is 0 Å². The highest BCUT2D eigenvalue weighted by atomic mass is 16.7. The van der Waals surface area contributed by atoms with E-state index in [9.17, 15) is 9.59 Å². The molecule has 2 atom stereocenters. The summed E-state index contributed by atoms with van der Waals surface area (Å²) in [5.74, 6) is 2.70. The minimum Gasteiger partial charge on any atom is -0.448 e. The summed E-state index contributed by atoms with van der Waals surface area (Å²) in [5.41, 5.74) is -1.91. The van der Waals surface area contributed by atoms with Gasteiger partial charge in [-0.3, -0.25) is 9.59 Å². The largest absolute Gasteiger partial charge is 0.448 e. The van der Waals surface area contributed by atoms with E-state index in [1.165, 1.54) is 0 Å². The third kappa shape index (κ3) is 6.49. The van der Waals surface area contributed by atoms with Crippen molar-refractivity contribution in [2.75, 3.05) is 13.2 Å². The lowest BCUT2D eigenvalue weighted by molar-refractivity contribution is -0.163. The third-order valence-electron chi connectivity index (χ3n) is 5.11. The zero-order chi connectivity index (χ0) is 22.7. The molecule has 2 aliphatic heterocycles. The highest BCUT2D eigenvalue weighted by molar-refractivity contribution is 6.06. The van der Waals surface area contributed by atoms with Gasteiger partial charge in [-0.05, 0) is 12.8 Å². The van der Waals surface area contributed by atoms with Gasteiger partial charge in [0.15, 0.2) is 5.41 Å². The summed E-state index contributed by atoms with van der Waals surface area (Å²) in [5, 5.41) is 0. The Bertz CT molecular complexity index is 723. The predicted octanol–water partition coefficient (Wildman–Crippen LogP) is 3.00. The van der Waals surface area contributed by atoms with Gasteiger partial charge in [0.1, 0.15) is 13.2 Å². The predicted molar refractivity (Wildman–Crippen MR) is 115 cm³/mol. The lowest BCUT2D eigenvalue weighted by Crippen LogP contribution is -2.43. The van der Waals surface area contributed by atoms with E-state index in [2.05, 4.69) is 35.7 Å². The van der Waals surface area contributed by atoms with Gasteiger partial charge in [0, 0.05) is 12.8 Å². The van der Waals surface area contributed by atoms with Crippen LogP contribution in [0.1, 0.15) is 65.2 Å². The normalized spacial score (nSPS) is 19.9. The number of ether oxygens (including phenoxy) is 4. The van der Waals surface area contributed by atoms with Crippen LogP contribution in [0.15, 0.2) is 9.98 Å². The second kappa shape index (κ2) is 12.0. The fourth-order valence-electron chi connectivity index (χ4n) is 3.21. The van der Waals surface area contributed by atoms with Crippen LogP contribution in [0.3, 0.4) is 0 Å². The molecule has 0 spiro atoms. The fraction of sp³-hybridized carbons (Fsp3) is 0.652. The Balaban J connectivity index is 2.12. The average molecular weight is 431 g/mol. The monoisotopic (exact) mass is 430 g/mol. The summed E-state index contributed by atoms with van der Waals surface area (Å²) in [6.07, 6.45) is 15.5. The molecular formula is C23H30N2O6. The Hall–Kier alpha value is -3.00. The molecule has 2 heterocycles. The lowest BCUT2D eigenvalue weighted by Gasteiger charge is -2.24. The van der Waals surface area contributed by atoms with E-state index in [4.69, 9.17) is 31.8 Å². The summed E-state index contributed by atoms with van der Waals surface area (Å²) in [6.45, 7) is 4.77. The zero-order valence-corrected chi connectivity index (χ0v) is 18.2. The van der Waals surface area contributed by atoms with Crippen LogP contribution in [0.5, 0.6) is 0 Å². The molecule has 0 saturated heterocycles. The van der Waals surface area contributed by atoms with Crippen molar-refractivity contribution < 1.29 is 28.5 Å². The molecule has 0 aromatic heterocycles. The molecule has 0 aromatic carbocycles. The number of carbonyl (C=O) groups is 2. The molecule has 0 N–H and O–H groups in total. The summed E-state index contributed by atoms with van der Waals surface area (Å²) in [4.78, 5) is 34.5. The number of carbonyl (C=O) groups excluding carboxylic acids is 2. The Kier molecular flexibility index (Phi) is 9.40. The topological polar surface area (TPSA) is 95.8 Å². The van der Waals surface area contributed by atoms with Crippen molar-refractivity contribution in [3.05, 3.63) is 0 Å². The van der Waals surface area contributed by atoms with E-state index in [1.807, 2.05) is 0 Å². The Morgan fingerprint density at radius 1 is 0.935 bits per heavy atom. The molecule has 0 fully saturated rings. The molecule has 0 unspecified atom stereocenters. The van der Waals surface area contributed by atoms with Crippen LogP contribution in [0, 0.1) is 30.1 Å². The van der Waals surface area contributed by atoms with Gasteiger partial charge in [-0.2, -0.15) is 0 Å². The lowest BCUT2D eigenvalue weighted by atomic mass is 9.81. The van der Waals surface area contributed by atoms with Crippen LogP contribution >= 0.6 is 0 Å². The first-order valence-electron chi connectivity index (χ1n) is 10.7. The molecule has 168 valence electrons. The summed E-state index contributed by atoms with van der Waals surface area (Å²) >= 11 is 0. The number of terminal acetylenes is 2. The third-order valence-corrected chi connectivity index (χ3v) is 5.11. The zero-order valence-electron chi connectivity index (χ0n) is 18.2. The molecule has 0 bridgehead atoms. The Morgan fingerprint density at radius 2 is 1.35 bits per heavy atom. The molecule has 0 aromatic rings. The number of rotatable bonds is 10. The van der Waals surface area contributed by atoms with E-state index in [1.54, 1.807) is 0 Å². The number of unbranched alkanes of at least 4 members (excludes halogenated alkanes) is 2. The Labute approximate surface area is 183 Å². The average Bonchev–Trinajstić information content (AvgIpc) is 3.39. The maximum absolute atomic E-state index is 13.0. The molecule has 0 radical (unpaired) electrons. The molecule has 31 heavy (non-hydrogen) atoms.